The Kier molecular flexibility index (Phi) is 7.14. The number of nitrogens with one attached hydrogen (secondary N) is 2. The zero-order chi connectivity index (χ0) is 23.4. The number of rotatable bonds is 6. The Bertz CT molecular complexity index is 1070. The van der Waals surface area contributed by atoms with Crippen molar-refractivity contribution < 1.29 is 31.2 Å². The van der Waals surface area contributed by atoms with Gasteiger partial charge >= 0.3 is 6.18 Å². The number of carbonyl (C=O) groups is 2. The van der Waals surface area contributed by atoms with E-state index in [1.807, 2.05) is 0 Å². The van der Waals surface area contributed by atoms with Crippen LogP contribution in [0.25, 0.3) is 0 Å². The molecular formula is C20H21F3N4O4S. The van der Waals surface area contributed by atoms with Crippen molar-refractivity contribution in [3.8, 4) is 0 Å². The van der Waals surface area contributed by atoms with Crippen LogP contribution in [0.3, 0.4) is 0 Å². The van der Waals surface area contributed by atoms with Gasteiger partial charge in [-0.15, -0.1) is 0 Å². The lowest BCUT2D eigenvalue weighted by Crippen LogP contribution is -2.41. The molecule has 0 unspecified atom stereocenters. The van der Waals surface area contributed by atoms with Crippen molar-refractivity contribution in [1.29, 1.82) is 0 Å². The Morgan fingerprint density at radius 2 is 1.78 bits per heavy atom. The summed E-state index contributed by atoms with van der Waals surface area (Å²) in [6, 6.07) is 8.71. The quantitative estimate of drug-likeness (QED) is 0.674. The number of hydrogen-bond acceptors (Lipinski definition) is 5. The van der Waals surface area contributed by atoms with Crippen LogP contribution in [0, 0.1) is 5.92 Å². The van der Waals surface area contributed by atoms with E-state index in [0.717, 1.165) is 0 Å². The second-order valence-corrected chi connectivity index (χ2v) is 9.14. The number of pyridine rings is 1. The van der Waals surface area contributed by atoms with Crippen molar-refractivity contribution in [2.45, 2.75) is 23.9 Å². The van der Waals surface area contributed by atoms with E-state index in [0.29, 0.717) is 0 Å². The standard InChI is InChI=1S/C20H21F3N4O4S/c21-20(22,23)13-25-19(29)16-5-1-2-6-17(16)26-18(28)14-7-10-27(11-8-14)32(30,31)15-4-3-9-24-12-15/h1-6,9,12,14H,7-8,10-11,13H2,(H,25,29)(H,26,28). The van der Waals surface area contributed by atoms with Gasteiger partial charge < -0.3 is 10.6 Å². The Morgan fingerprint density at radius 1 is 1.09 bits per heavy atom. The molecule has 0 aliphatic carbocycles. The fourth-order valence-corrected chi connectivity index (χ4v) is 4.74. The first kappa shape index (κ1) is 23.7. The molecule has 1 aromatic carbocycles. The van der Waals surface area contributed by atoms with Crippen molar-refractivity contribution in [2.24, 2.45) is 5.92 Å². The molecule has 1 aliphatic heterocycles. The van der Waals surface area contributed by atoms with Gasteiger partial charge in [0.25, 0.3) is 5.91 Å². The summed E-state index contributed by atoms with van der Waals surface area (Å²) in [5, 5.41) is 4.36. The number of anilines is 1. The highest BCUT2D eigenvalue weighted by molar-refractivity contribution is 7.89. The molecule has 12 heteroatoms. The van der Waals surface area contributed by atoms with E-state index >= 15 is 0 Å². The summed E-state index contributed by atoms with van der Waals surface area (Å²) in [5.74, 6) is -1.91. The Labute approximate surface area is 182 Å². The highest BCUT2D eigenvalue weighted by Gasteiger charge is 2.33. The number of piperidine rings is 1. The predicted octanol–water partition coefficient (Wildman–Crippen LogP) is 2.41. The first-order valence-electron chi connectivity index (χ1n) is 9.73. The summed E-state index contributed by atoms with van der Waals surface area (Å²) in [4.78, 5) is 28.7. The van der Waals surface area contributed by atoms with E-state index in [2.05, 4.69) is 10.3 Å². The van der Waals surface area contributed by atoms with Crippen molar-refractivity contribution in [1.82, 2.24) is 14.6 Å². The molecule has 2 N–H and O–H groups in total. The van der Waals surface area contributed by atoms with Crippen LogP contribution >= 0.6 is 0 Å². The number of amides is 2. The third-order valence-corrected chi connectivity index (χ3v) is 6.86. The molecule has 1 saturated heterocycles. The largest absolute Gasteiger partial charge is 0.405 e. The van der Waals surface area contributed by atoms with Crippen molar-refractivity contribution in [2.75, 3.05) is 25.0 Å². The Morgan fingerprint density at radius 3 is 2.41 bits per heavy atom. The monoisotopic (exact) mass is 470 g/mol. The zero-order valence-corrected chi connectivity index (χ0v) is 17.6. The van der Waals surface area contributed by atoms with E-state index in [4.69, 9.17) is 0 Å². The minimum atomic E-state index is -4.56. The smallest absolute Gasteiger partial charge is 0.343 e. The molecule has 0 saturated carbocycles. The van der Waals surface area contributed by atoms with Gasteiger partial charge in [-0.05, 0) is 37.1 Å². The number of hydrogen-bond donors (Lipinski definition) is 2. The summed E-state index contributed by atoms with van der Waals surface area (Å²) >= 11 is 0. The van der Waals surface area contributed by atoms with Gasteiger partial charge in [0.15, 0.2) is 0 Å². The molecule has 8 nitrogen and oxygen atoms in total. The topological polar surface area (TPSA) is 108 Å². The van der Waals surface area contributed by atoms with Crippen LogP contribution in [-0.4, -0.2) is 55.3 Å². The van der Waals surface area contributed by atoms with Gasteiger partial charge in [-0.3, -0.25) is 14.6 Å². The number of nitrogens with zero attached hydrogens (tertiary/aromatic N) is 2. The molecule has 1 aromatic heterocycles. The molecule has 2 amide bonds. The third kappa shape index (κ3) is 5.82. The number of benzene rings is 1. The number of para-hydroxylation sites is 1. The van der Waals surface area contributed by atoms with Crippen LogP contribution in [0.5, 0.6) is 0 Å². The molecule has 0 radical (unpaired) electrons. The lowest BCUT2D eigenvalue weighted by Gasteiger charge is -2.30. The van der Waals surface area contributed by atoms with Crippen LogP contribution in [0.4, 0.5) is 18.9 Å². The molecule has 2 aromatic rings. The number of aromatic nitrogens is 1. The van der Waals surface area contributed by atoms with Crippen molar-refractivity contribution in [3.63, 3.8) is 0 Å². The molecule has 1 fully saturated rings. The number of alkyl halides is 3. The highest BCUT2D eigenvalue weighted by atomic mass is 32.2. The highest BCUT2D eigenvalue weighted by Crippen LogP contribution is 2.25. The van der Waals surface area contributed by atoms with E-state index in [1.54, 1.807) is 11.4 Å². The number of sulfonamides is 1. The average Bonchev–Trinajstić information content (AvgIpc) is 2.78. The molecule has 172 valence electrons. The van der Waals surface area contributed by atoms with Crippen LogP contribution in [0.1, 0.15) is 23.2 Å². The normalized spacial score (nSPS) is 15.8. The lowest BCUT2D eigenvalue weighted by atomic mass is 9.97. The molecule has 0 atom stereocenters. The van der Waals surface area contributed by atoms with Crippen LogP contribution in [0.2, 0.25) is 0 Å². The van der Waals surface area contributed by atoms with Crippen LogP contribution in [-0.2, 0) is 14.8 Å². The fourth-order valence-electron chi connectivity index (χ4n) is 3.31. The summed E-state index contributed by atoms with van der Waals surface area (Å²) in [7, 11) is -3.71. The summed E-state index contributed by atoms with van der Waals surface area (Å²) in [5.41, 5.74) is -0.00993. The first-order valence-corrected chi connectivity index (χ1v) is 11.2. The van der Waals surface area contributed by atoms with Gasteiger partial charge in [0.1, 0.15) is 11.4 Å². The molecule has 0 spiro atoms. The summed E-state index contributed by atoms with van der Waals surface area (Å²) in [6.07, 6.45) is -1.31. The van der Waals surface area contributed by atoms with E-state index in [-0.39, 0.29) is 42.1 Å². The van der Waals surface area contributed by atoms with Crippen molar-refractivity contribution >= 4 is 27.5 Å². The fraction of sp³-hybridized carbons (Fsp3) is 0.350. The maximum Gasteiger partial charge on any atom is 0.405 e. The minimum absolute atomic E-state index is 0.0710. The van der Waals surface area contributed by atoms with Gasteiger partial charge in [0, 0.05) is 31.4 Å². The Hall–Kier alpha value is -2.99. The van der Waals surface area contributed by atoms with E-state index in [1.165, 1.54) is 47.0 Å². The summed E-state index contributed by atoms with van der Waals surface area (Å²) < 4.78 is 63.7. The molecular weight excluding hydrogens is 449 g/mol. The molecule has 2 heterocycles. The lowest BCUT2D eigenvalue weighted by molar-refractivity contribution is -0.123. The average molecular weight is 470 g/mol. The maximum absolute atomic E-state index is 12.7. The van der Waals surface area contributed by atoms with Crippen molar-refractivity contribution in [3.05, 3.63) is 54.4 Å². The molecule has 0 bridgehead atoms. The minimum Gasteiger partial charge on any atom is -0.343 e. The van der Waals surface area contributed by atoms with E-state index < -0.39 is 40.5 Å². The van der Waals surface area contributed by atoms with Gasteiger partial charge in [-0.1, -0.05) is 12.1 Å². The van der Waals surface area contributed by atoms with Gasteiger partial charge in [0.05, 0.1) is 11.3 Å². The SMILES string of the molecule is O=C(NCC(F)(F)F)c1ccccc1NC(=O)C1CCN(S(=O)(=O)c2cccnc2)CC1. The summed E-state index contributed by atoms with van der Waals surface area (Å²) in [6.45, 7) is -1.23. The van der Waals surface area contributed by atoms with Crippen LogP contribution in [0.15, 0.2) is 53.7 Å². The molecule has 1 aliphatic rings. The number of carbonyl (C=O) groups excluding carboxylic acids is 2. The molecule has 3 rings (SSSR count). The maximum atomic E-state index is 12.7. The Balaban J connectivity index is 1.62. The third-order valence-electron chi connectivity index (χ3n) is 4.98. The first-order chi connectivity index (χ1) is 15.1. The predicted molar refractivity (Wildman–Crippen MR) is 109 cm³/mol. The number of halogens is 3. The zero-order valence-electron chi connectivity index (χ0n) is 16.8. The van der Waals surface area contributed by atoms with Gasteiger partial charge in [-0.2, -0.15) is 17.5 Å². The second-order valence-electron chi connectivity index (χ2n) is 7.20. The van der Waals surface area contributed by atoms with Crippen LogP contribution < -0.4 is 10.6 Å². The van der Waals surface area contributed by atoms with E-state index in [9.17, 15) is 31.2 Å². The van der Waals surface area contributed by atoms with Gasteiger partial charge in [-0.25, -0.2) is 8.42 Å². The van der Waals surface area contributed by atoms with Gasteiger partial charge in [0.2, 0.25) is 15.9 Å². The second kappa shape index (κ2) is 9.65. The molecule has 32 heavy (non-hydrogen) atoms.